The zero-order valence-electron chi connectivity index (χ0n) is 17.0. The Morgan fingerprint density at radius 2 is 1.59 bits per heavy atom. The zero-order chi connectivity index (χ0) is 20.1. The molecule has 1 fully saturated rings. The highest BCUT2D eigenvalue weighted by atomic mass is 15.3. The minimum absolute atomic E-state index is 0.664. The lowest BCUT2D eigenvalue weighted by Gasteiger charge is -2.36. The van der Waals surface area contributed by atoms with Gasteiger partial charge in [-0.15, -0.1) is 0 Å². The number of nitrogens with zero attached hydrogens (tertiary/aromatic N) is 6. The molecule has 0 bridgehead atoms. The third kappa shape index (κ3) is 4.86. The van der Waals surface area contributed by atoms with E-state index in [2.05, 4.69) is 54.1 Å². The first-order chi connectivity index (χ1) is 14.2. The lowest BCUT2D eigenvalue weighted by atomic mass is 10.2. The van der Waals surface area contributed by atoms with Crippen LogP contribution >= 0.6 is 0 Å². The maximum Gasteiger partial charge on any atom is 0.222 e. The van der Waals surface area contributed by atoms with E-state index in [0.717, 1.165) is 56.3 Å². The van der Waals surface area contributed by atoms with Crippen molar-refractivity contribution in [3.63, 3.8) is 0 Å². The third-order valence-electron chi connectivity index (χ3n) is 5.39. The number of rotatable bonds is 6. The van der Waals surface area contributed by atoms with E-state index in [9.17, 15) is 0 Å². The topological polar surface area (TPSA) is 70.1 Å². The fourth-order valence-corrected chi connectivity index (χ4v) is 3.53. The molecule has 0 spiro atoms. The smallest absolute Gasteiger partial charge is 0.222 e. The van der Waals surface area contributed by atoms with Crippen LogP contribution in [0.5, 0.6) is 0 Å². The van der Waals surface area contributed by atoms with Crippen LogP contribution in [0.15, 0.2) is 49.1 Å². The van der Waals surface area contributed by atoms with Gasteiger partial charge in [-0.2, -0.15) is 0 Å². The predicted molar refractivity (Wildman–Crippen MR) is 115 cm³/mol. The molecule has 0 atom stereocenters. The van der Waals surface area contributed by atoms with E-state index in [0.29, 0.717) is 5.95 Å². The van der Waals surface area contributed by atoms with Crippen molar-refractivity contribution in [2.45, 2.75) is 26.9 Å². The summed E-state index contributed by atoms with van der Waals surface area (Å²) >= 11 is 0. The zero-order valence-corrected chi connectivity index (χ0v) is 17.0. The standard InChI is InChI=1S/C22H27N7/c1-17-18(2)26-16-27-21(17)29-10-8-28(9-11-29)15-20-13-24-22(25-14-20)23-12-19-6-4-3-5-7-19/h3-7,13-14,16H,8-12,15H2,1-2H3,(H,23,24,25). The molecule has 7 nitrogen and oxygen atoms in total. The highest BCUT2D eigenvalue weighted by Gasteiger charge is 2.20. The molecule has 3 aromatic rings. The summed E-state index contributed by atoms with van der Waals surface area (Å²) in [4.78, 5) is 22.5. The van der Waals surface area contributed by atoms with Crippen molar-refractivity contribution >= 4 is 11.8 Å². The molecule has 0 unspecified atom stereocenters. The monoisotopic (exact) mass is 389 g/mol. The third-order valence-corrected chi connectivity index (χ3v) is 5.39. The molecular weight excluding hydrogens is 362 g/mol. The SMILES string of the molecule is Cc1ncnc(N2CCN(Cc3cnc(NCc4ccccc4)nc3)CC2)c1C. The number of aryl methyl sites for hydroxylation is 1. The molecule has 0 radical (unpaired) electrons. The van der Waals surface area contributed by atoms with Gasteiger partial charge < -0.3 is 10.2 Å². The maximum absolute atomic E-state index is 4.49. The van der Waals surface area contributed by atoms with Crippen LogP contribution < -0.4 is 10.2 Å². The molecule has 0 aliphatic carbocycles. The summed E-state index contributed by atoms with van der Waals surface area (Å²) in [6.07, 6.45) is 5.50. The van der Waals surface area contributed by atoms with Crippen molar-refractivity contribution < 1.29 is 0 Å². The summed E-state index contributed by atoms with van der Waals surface area (Å²) in [5, 5.41) is 3.27. The number of anilines is 2. The number of hydrogen-bond acceptors (Lipinski definition) is 7. The number of piperazine rings is 1. The maximum atomic E-state index is 4.49. The quantitative estimate of drug-likeness (QED) is 0.695. The Morgan fingerprint density at radius 3 is 2.31 bits per heavy atom. The van der Waals surface area contributed by atoms with E-state index in [1.165, 1.54) is 11.1 Å². The van der Waals surface area contributed by atoms with E-state index in [-0.39, 0.29) is 0 Å². The van der Waals surface area contributed by atoms with Gasteiger partial charge in [0.05, 0.1) is 0 Å². The molecule has 1 aliphatic rings. The molecule has 1 N–H and O–H groups in total. The lowest BCUT2D eigenvalue weighted by Crippen LogP contribution is -2.46. The van der Waals surface area contributed by atoms with Gasteiger partial charge in [0.1, 0.15) is 12.1 Å². The number of aromatic nitrogens is 4. The summed E-state index contributed by atoms with van der Waals surface area (Å²) in [7, 11) is 0. The van der Waals surface area contributed by atoms with E-state index >= 15 is 0 Å². The molecule has 1 aliphatic heterocycles. The van der Waals surface area contributed by atoms with Crippen LogP contribution in [-0.4, -0.2) is 51.0 Å². The van der Waals surface area contributed by atoms with Gasteiger partial charge in [0.15, 0.2) is 0 Å². The molecule has 7 heteroatoms. The van der Waals surface area contributed by atoms with Crippen LogP contribution in [0.3, 0.4) is 0 Å². The number of nitrogens with one attached hydrogen (secondary N) is 1. The molecule has 150 valence electrons. The van der Waals surface area contributed by atoms with E-state index in [1.807, 2.05) is 37.5 Å². The van der Waals surface area contributed by atoms with Crippen LogP contribution in [0.2, 0.25) is 0 Å². The van der Waals surface area contributed by atoms with Gasteiger partial charge >= 0.3 is 0 Å². The van der Waals surface area contributed by atoms with Gasteiger partial charge in [-0.05, 0) is 19.4 Å². The second-order valence-electron chi connectivity index (χ2n) is 7.42. The first-order valence-electron chi connectivity index (χ1n) is 10.0. The number of benzene rings is 1. The molecule has 1 saturated heterocycles. The first kappa shape index (κ1) is 19.3. The fraction of sp³-hybridized carbons (Fsp3) is 0.364. The van der Waals surface area contributed by atoms with Crippen LogP contribution in [0, 0.1) is 13.8 Å². The van der Waals surface area contributed by atoms with Crippen LogP contribution in [-0.2, 0) is 13.1 Å². The van der Waals surface area contributed by atoms with Crippen LogP contribution in [0.1, 0.15) is 22.4 Å². The molecule has 3 heterocycles. The van der Waals surface area contributed by atoms with Gasteiger partial charge in [-0.3, -0.25) is 4.90 Å². The second-order valence-corrected chi connectivity index (χ2v) is 7.42. The average Bonchev–Trinajstić information content (AvgIpc) is 2.77. The van der Waals surface area contributed by atoms with Crippen LogP contribution in [0.4, 0.5) is 11.8 Å². The minimum atomic E-state index is 0.664. The average molecular weight is 390 g/mol. The van der Waals surface area contributed by atoms with Crippen molar-refractivity contribution in [2.24, 2.45) is 0 Å². The highest BCUT2D eigenvalue weighted by molar-refractivity contribution is 5.47. The van der Waals surface area contributed by atoms with Gasteiger partial charge in [-0.1, -0.05) is 30.3 Å². The minimum Gasteiger partial charge on any atom is -0.354 e. The van der Waals surface area contributed by atoms with Gasteiger partial charge in [0.2, 0.25) is 5.95 Å². The Labute approximate surface area is 171 Å². The lowest BCUT2D eigenvalue weighted by molar-refractivity contribution is 0.248. The van der Waals surface area contributed by atoms with Gasteiger partial charge in [-0.25, -0.2) is 19.9 Å². The van der Waals surface area contributed by atoms with Crippen LogP contribution in [0.25, 0.3) is 0 Å². The Balaban J connectivity index is 1.27. The summed E-state index contributed by atoms with van der Waals surface area (Å²) in [6.45, 7) is 9.66. The summed E-state index contributed by atoms with van der Waals surface area (Å²) in [5.74, 6) is 1.73. The molecule has 2 aromatic heterocycles. The molecule has 1 aromatic carbocycles. The van der Waals surface area contributed by atoms with Gasteiger partial charge in [0, 0.05) is 68.5 Å². The van der Waals surface area contributed by atoms with E-state index < -0.39 is 0 Å². The Hall–Kier alpha value is -3.06. The molecule has 29 heavy (non-hydrogen) atoms. The Bertz CT molecular complexity index is 920. The predicted octanol–water partition coefficient (Wildman–Crippen LogP) is 2.82. The highest BCUT2D eigenvalue weighted by Crippen LogP contribution is 2.20. The Kier molecular flexibility index (Phi) is 5.95. The summed E-state index contributed by atoms with van der Waals surface area (Å²) < 4.78 is 0. The second kappa shape index (κ2) is 8.96. The first-order valence-corrected chi connectivity index (χ1v) is 10.0. The van der Waals surface area contributed by atoms with Crippen molar-refractivity contribution in [1.29, 1.82) is 0 Å². The molecular formula is C22H27N7. The normalized spacial score (nSPS) is 14.8. The van der Waals surface area contributed by atoms with E-state index in [1.54, 1.807) is 6.33 Å². The van der Waals surface area contributed by atoms with Crippen molar-refractivity contribution in [1.82, 2.24) is 24.8 Å². The van der Waals surface area contributed by atoms with Crippen molar-refractivity contribution in [3.8, 4) is 0 Å². The molecule has 0 amide bonds. The largest absolute Gasteiger partial charge is 0.354 e. The summed E-state index contributed by atoms with van der Waals surface area (Å²) in [6, 6.07) is 10.3. The molecule has 4 rings (SSSR count). The van der Waals surface area contributed by atoms with E-state index in [4.69, 9.17) is 0 Å². The van der Waals surface area contributed by atoms with Crippen molar-refractivity contribution in [2.75, 3.05) is 36.4 Å². The summed E-state index contributed by atoms with van der Waals surface area (Å²) in [5.41, 5.74) is 4.58. The fourth-order valence-electron chi connectivity index (χ4n) is 3.53. The van der Waals surface area contributed by atoms with Crippen molar-refractivity contribution in [3.05, 3.63) is 71.4 Å². The number of hydrogen-bond donors (Lipinski definition) is 1. The Morgan fingerprint density at radius 1 is 0.862 bits per heavy atom. The molecule has 0 saturated carbocycles. The van der Waals surface area contributed by atoms with Gasteiger partial charge in [0.25, 0.3) is 0 Å².